The largest absolute Gasteiger partial charge is 0.545 e. The van der Waals surface area contributed by atoms with Gasteiger partial charge in [-0.3, -0.25) is 10.4 Å². The molecule has 0 amide bonds. The molecule has 0 aliphatic carbocycles. The van der Waals surface area contributed by atoms with Gasteiger partial charge in [-0.05, 0) is 40.8 Å². The van der Waals surface area contributed by atoms with Gasteiger partial charge in [0, 0.05) is 9.13 Å². The minimum absolute atomic E-state index is 0.0221. The number of carboxylic acids is 1. The monoisotopic (exact) mass is 294 g/mol. The van der Waals surface area contributed by atoms with Crippen molar-refractivity contribution in [3.63, 3.8) is 0 Å². The first-order valence-corrected chi connectivity index (χ1v) is 4.28. The molecule has 0 fully saturated rings. The Morgan fingerprint density at radius 3 is 2.46 bits per heavy atom. The molecule has 0 atom stereocenters. The highest BCUT2D eigenvalue weighted by Crippen LogP contribution is 2.18. The number of nitrogens with zero attached hydrogens (tertiary/aromatic N) is 1. The third kappa shape index (κ3) is 2.54. The quantitative estimate of drug-likeness (QED) is 0.603. The van der Waals surface area contributed by atoms with E-state index in [1.54, 1.807) is 0 Å². The van der Waals surface area contributed by atoms with Crippen LogP contribution in [0.25, 0.3) is 0 Å². The smallest absolute Gasteiger partial charge is 0.0959 e. The van der Waals surface area contributed by atoms with Crippen molar-refractivity contribution in [2.24, 2.45) is 0 Å². The van der Waals surface area contributed by atoms with Crippen molar-refractivity contribution in [3.05, 3.63) is 27.3 Å². The van der Waals surface area contributed by atoms with Crippen LogP contribution < -0.4 is 10.3 Å². The van der Waals surface area contributed by atoms with Crippen molar-refractivity contribution in [1.82, 2.24) is 0 Å². The zero-order valence-electron chi connectivity index (χ0n) is 6.27. The van der Waals surface area contributed by atoms with Crippen molar-refractivity contribution in [2.75, 3.05) is 5.23 Å². The van der Waals surface area contributed by atoms with E-state index in [1.807, 2.05) is 22.6 Å². The van der Waals surface area contributed by atoms with E-state index in [2.05, 4.69) is 0 Å². The maximum absolute atomic E-state index is 10.4. The van der Waals surface area contributed by atoms with E-state index in [0.29, 0.717) is 3.57 Å². The minimum atomic E-state index is -1.36. The first-order valence-electron chi connectivity index (χ1n) is 3.20. The summed E-state index contributed by atoms with van der Waals surface area (Å²) in [4.78, 5) is 10.4. The topological polar surface area (TPSA) is 83.8 Å². The summed E-state index contributed by atoms with van der Waals surface area (Å²) >= 11 is 1.86. The molecule has 0 heterocycles. The predicted octanol–water partition coefficient (Wildman–Crippen LogP) is 0.240. The lowest BCUT2D eigenvalue weighted by molar-refractivity contribution is -0.255. The molecular weight excluding hydrogens is 289 g/mol. The highest BCUT2D eigenvalue weighted by molar-refractivity contribution is 14.1. The van der Waals surface area contributed by atoms with E-state index in [9.17, 15) is 9.90 Å². The predicted molar refractivity (Wildman–Crippen MR) is 49.5 cm³/mol. The van der Waals surface area contributed by atoms with Crippen LogP contribution in [0.5, 0.6) is 0 Å². The van der Waals surface area contributed by atoms with Crippen LogP contribution in [0.15, 0.2) is 18.2 Å². The summed E-state index contributed by atoms with van der Waals surface area (Å²) in [5, 5.41) is 27.5. The van der Waals surface area contributed by atoms with Gasteiger partial charge in [0.1, 0.15) is 0 Å². The minimum Gasteiger partial charge on any atom is -0.545 e. The van der Waals surface area contributed by atoms with Crippen molar-refractivity contribution in [2.45, 2.75) is 0 Å². The average molecular weight is 294 g/mol. The fourth-order valence-electron chi connectivity index (χ4n) is 0.807. The van der Waals surface area contributed by atoms with Crippen molar-refractivity contribution >= 4 is 34.2 Å². The number of anilines is 1. The molecular formula is C7H5INO4-. The van der Waals surface area contributed by atoms with E-state index in [4.69, 9.17) is 10.4 Å². The number of aromatic carboxylic acids is 1. The summed E-state index contributed by atoms with van der Waals surface area (Å²) < 4.78 is 0.572. The summed E-state index contributed by atoms with van der Waals surface area (Å²) in [5.41, 5.74) is -0.124. The molecule has 0 aliphatic heterocycles. The van der Waals surface area contributed by atoms with E-state index < -0.39 is 5.97 Å². The zero-order valence-corrected chi connectivity index (χ0v) is 8.43. The van der Waals surface area contributed by atoms with Gasteiger partial charge >= 0.3 is 0 Å². The van der Waals surface area contributed by atoms with Gasteiger partial charge in [-0.1, -0.05) is 0 Å². The van der Waals surface area contributed by atoms with Gasteiger partial charge in [0.2, 0.25) is 0 Å². The number of carboxylic acid groups (broad SMARTS) is 1. The van der Waals surface area contributed by atoms with Crippen LogP contribution in [0.2, 0.25) is 0 Å². The maximum atomic E-state index is 10.4. The number of carbonyl (C=O) groups excluding carboxylic acids is 1. The first kappa shape index (κ1) is 10.2. The highest BCUT2D eigenvalue weighted by atomic mass is 127. The lowest BCUT2D eigenvalue weighted by Gasteiger charge is -2.10. The van der Waals surface area contributed by atoms with Gasteiger partial charge in [0.15, 0.2) is 0 Å². The maximum Gasteiger partial charge on any atom is 0.0959 e. The van der Waals surface area contributed by atoms with Gasteiger partial charge in [-0.25, -0.2) is 0 Å². The van der Waals surface area contributed by atoms with Crippen molar-refractivity contribution in [3.8, 4) is 0 Å². The fraction of sp³-hybridized carbons (Fsp3) is 0. The van der Waals surface area contributed by atoms with Crippen molar-refractivity contribution < 1.29 is 20.3 Å². The summed E-state index contributed by atoms with van der Waals surface area (Å²) in [6.45, 7) is 0. The second-order valence-electron chi connectivity index (χ2n) is 2.28. The molecule has 0 bridgehead atoms. The standard InChI is InChI=1S/C7H6INO4/c8-5-1-4(7(10)11)2-6(3-5)9(12)13/h1-3,12-13H,(H,10,11)/p-1. The number of hydrogen-bond donors (Lipinski definition) is 2. The van der Waals surface area contributed by atoms with Crippen LogP contribution in [0.3, 0.4) is 0 Å². The van der Waals surface area contributed by atoms with Crippen LogP contribution in [0.1, 0.15) is 10.4 Å². The Labute approximate surface area is 87.3 Å². The van der Waals surface area contributed by atoms with Crippen LogP contribution >= 0.6 is 22.6 Å². The lowest BCUT2D eigenvalue weighted by Crippen LogP contribution is -2.23. The Hall–Kier alpha value is -0.860. The second kappa shape index (κ2) is 3.90. The van der Waals surface area contributed by atoms with Crippen LogP contribution in [0, 0.1) is 3.57 Å². The molecule has 0 radical (unpaired) electrons. The Bertz CT molecular complexity index is 339. The lowest BCUT2D eigenvalue weighted by atomic mass is 10.2. The number of hydrogen-bond acceptors (Lipinski definition) is 5. The van der Waals surface area contributed by atoms with E-state index in [-0.39, 0.29) is 16.5 Å². The van der Waals surface area contributed by atoms with E-state index in [1.165, 1.54) is 12.1 Å². The van der Waals surface area contributed by atoms with Gasteiger partial charge < -0.3 is 9.90 Å². The van der Waals surface area contributed by atoms with Crippen LogP contribution in [-0.2, 0) is 0 Å². The number of rotatable bonds is 2. The van der Waals surface area contributed by atoms with Crippen molar-refractivity contribution in [1.29, 1.82) is 0 Å². The first-order chi connectivity index (χ1) is 6.00. The molecule has 1 aromatic rings. The van der Waals surface area contributed by atoms with Crippen LogP contribution in [0.4, 0.5) is 5.69 Å². The Morgan fingerprint density at radius 1 is 1.38 bits per heavy atom. The summed E-state index contributed by atoms with van der Waals surface area (Å²) in [6, 6.07) is 3.87. The summed E-state index contributed by atoms with van der Waals surface area (Å²) in [7, 11) is 0. The second-order valence-corrected chi connectivity index (χ2v) is 3.52. The number of carbonyl (C=O) groups is 1. The SMILES string of the molecule is O=C([O-])c1cc(I)cc(N(O)O)c1. The van der Waals surface area contributed by atoms with Gasteiger partial charge in [0.05, 0.1) is 11.7 Å². The Balaban J connectivity index is 3.19. The van der Waals surface area contributed by atoms with Gasteiger partial charge in [-0.2, -0.15) is 0 Å². The van der Waals surface area contributed by atoms with Crippen LogP contribution in [-0.4, -0.2) is 16.4 Å². The third-order valence-electron chi connectivity index (χ3n) is 1.35. The molecule has 70 valence electrons. The number of halogens is 1. The average Bonchev–Trinajstić information content (AvgIpc) is 2.03. The number of benzene rings is 1. The third-order valence-corrected chi connectivity index (χ3v) is 1.97. The normalized spacial score (nSPS) is 9.77. The van der Waals surface area contributed by atoms with Gasteiger partial charge in [0.25, 0.3) is 0 Å². The molecule has 0 aromatic heterocycles. The molecule has 5 nitrogen and oxygen atoms in total. The molecule has 0 spiro atoms. The van der Waals surface area contributed by atoms with E-state index in [0.717, 1.165) is 6.07 Å². The molecule has 6 heteroatoms. The molecule has 0 aliphatic rings. The summed E-state index contributed by atoms with van der Waals surface area (Å²) in [5.74, 6) is -1.36. The molecule has 0 saturated carbocycles. The zero-order chi connectivity index (χ0) is 10.0. The van der Waals surface area contributed by atoms with E-state index >= 15 is 0 Å². The molecule has 0 saturated heterocycles. The molecule has 0 unspecified atom stereocenters. The Morgan fingerprint density at radius 2 is 2.00 bits per heavy atom. The fourth-order valence-corrected chi connectivity index (χ4v) is 1.46. The molecule has 2 N–H and O–H groups in total. The summed E-state index contributed by atoms with van der Waals surface area (Å²) in [6.07, 6.45) is 0. The molecule has 1 rings (SSSR count). The molecule has 1 aromatic carbocycles. The molecule has 13 heavy (non-hydrogen) atoms. The highest BCUT2D eigenvalue weighted by Gasteiger charge is 2.03. The Kier molecular flexibility index (Phi) is 3.07. The van der Waals surface area contributed by atoms with Gasteiger partial charge in [-0.15, -0.1) is 5.23 Å².